The first-order valence-electron chi connectivity index (χ1n) is 6.02. The van der Waals surface area contributed by atoms with Crippen molar-refractivity contribution in [3.05, 3.63) is 52.8 Å². The summed E-state index contributed by atoms with van der Waals surface area (Å²) in [6.07, 6.45) is 2.50. The van der Waals surface area contributed by atoms with Crippen LogP contribution in [0, 0.1) is 0 Å². The SMILES string of the molecule is O=C(Nc1ccc2c(c1)CCN2)c1ccnc(Cl)c1. The minimum atomic E-state index is -0.185. The molecule has 2 heterocycles. The average Bonchev–Trinajstić information content (AvgIpc) is 2.86. The first-order valence-corrected chi connectivity index (χ1v) is 6.40. The van der Waals surface area contributed by atoms with Crippen LogP contribution in [-0.2, 0) is 6.42 Å². The van der Waals surface area contributed by atoms with Crippen molar-refractivity contribution in [2.45, 2.75) is 6.42 Å². The molecule has 1 aliphatic heterocycles. The molecule has 1 aliphatic rings. The van der Waals surface area contributed by atoms with E-state index in [1.54, 1.807) is 12.1 Å². The molecule has 1 amide bonds. The maximum absolute atomic E-state index is 12.1. The lowest BCUT2D eigenvalue weighted by Gasteiger charge is -2.07. The number of carbonyl (C=O) groups is 1. The molecule has 4 nitrogen and oxygen atoms in total. The monoisotopic (exact) mass is 273 g/mol. The van der Waals surface area contributed by atoms with Crippen LogP contribution >= 0.6 is 11.6 Å². The van der Waals surface area contributed by atoms with Gasteiger partial charge in [-0.05, 0) is 42.3 Å². The molecule has 2 N–H and O–H groups in total. The second kappa shape index (κ2) is 4.90. The summed E-state index contributed by atoms with van der Waals surface area (Å²) < 4.78 is 0. The predicted octanol–water partition coefficient (Wildman–Crippen LogP) is 2.96. The van der Waals surface area contributed by atoms with Crippen LogP contribution in [0.4, 0.5) is 11.4 Å². The van der Waals surface area contributed by atoms with Gasteiger partial charge in [0.25, 0.3) is 5.91 Å². The Labute approximate surface area is 115 Å². The average molecular weight is 274 g/mol. The van der Waals surface area contributed by atoms with Gasteiger partial charge in [0, 0.05) is 29.7 Å². The van der Waals surface area contributed by atoms with Gasteiger partial charge >= 0.3 is 0 Å². The molecule has 1 aromatic heterocycles. The lowest BCUT2D eigenvalue weighted by molar-refractivity contribution is 0.102. The Balaban J connectivity index is 1.80. The maximum atomic E-state index is 12.1. The number of aromatic nitrogens is 1. The first kappa shape index (κ1) is 12.0. The second-order valence-electron chi connectivity index (χ2n) is 4.37. The lowest BCUT2D eigenvalue weighted by Crippen LogP contribution is -2.12. The van der Waals surface area contributed by atoms with Crippen LogP contribution in [-0.4, -0.2) is 17.4 Å². The van der Waals surface area contributed by atoms with Gasteiger partial charge in [0.05, 0.1) is 0 Å². The number of amides is 1. The summed E-state index contributed by atoms with van der Waals surface area (Å²) >= 11 is 5.77. The molecular weight excluding hydrogens is 262 g/mol. The first-order chi connectivity index (χ1) is 9.22. The number of rotatable bonds is 2. The summed E-state index contributed by atoms with van der Waals surface area (Å²) in [5.74, 6) is -0.185. The van der Waals surface area contributed by atoms with Crippen molar-refractivity contribution >= 4 is 28.9 Å². The molecule has 0 aliphatic carbocycles. The molecule has 0 unspecified atom stereocenters. The number of anilines is 2. The van der Waals surface area contributed by atoms with Gasteiger partial charge in [0.15, 0.2) is 0 Å². The molecular formula is C14H12ClN3O. The van der Waals surface area contributed by atoms with Crippen molar-refractivity contribution in [3.63, 3.8) is 0 Å². The summed E-state index contributed by atoms with van der Waals surface area (Å²) in [7, 11) is 0. The van der Waals surface area contributed by atoms with E-state index in [9.17, 15) is 4.79 Å². The van der Waals surface area contributed by atoms with Gasteiger partial charge < -0.3 is 10.6 Å². The molecule has 1 aromatic carbocycles. The Hall–Kier alpha value is -2.07. The van der Waals surface area contributed by atoms with Crippen molar-refractivity contribution in [2.75, 3.05) is 17.2 Å². The topological polar surface area (TPSA) is 54.0 Å². The number of nitrogens with zero attached hydrogens (tertiary/aromatic N) is 1. The highest BCUT2D eigenvalue weighted by Crippen LogP contribution is 2.25. The summed E-state index contributed by atoms with van der Waals surface area (Å²) in [5.41, 5.74) is 3.66. The van der Waals surface area contributed by atoms with Crippen LogP contribution in [0.5, 0.6) is 0 Å². The van der Waals surface area contributed by atoms with Crippen LogP contribution in [0.3, 0.4) is 0 Å². The number of carbonyl (C=O) groups excluding carboxylic acids is 1. The van der Waals surface area contributed by atoms with Gasteiger partial charge in [-0.3, -0.25) is 4.79 Å². The summed E-state index contributed by atoms with van der Waals surface area (Å²) in [5, 5.41) is 6.45. The predicted molar refractivity (Wildman–Crippen MR) is 75.8 cm³/mol. The molecule has 0 radical (unpaired) electrons. The Morgan fingerprint density at radius 3 is 3.05 bits per heavy atom. The van der Waals surface area contributed by atoms with Gasteiger partial charge in [-0.2, -0.15) is 0 Å². The smallest absolute Gasteiger partial charge is 0.255 e. The van der Waals surface area contributed by atoms with Crippen molar-refractivity contribution in [3.8, 4) is 0 Å². The Bertz CT molecular complexity index is 642. The van der Waals surface area contributed by atoms with Gasteiger partial charge in [-0.15, -0.1) is 0 Å². The number of fused-ring (bicyclic) bond motifs is 1. The highest BCUT2D eigenvalue weighted by molar-refractivity contribution is 6.29. The number of pyridine rings is 1. The largest absolute Gasteiger partial charge is 0.384 e. The molecule has 0 spiro atoms. The highest BCUT2D eigenvalue weighted by atomic mass is 35.5. The molecule has 0 saturated heterocycles. The van der Waals surface area contributed by atoms with E-state index in [0.29, 0.717) is 10.7 Å². The van der Waals surface area contributed by atoms with Crippen LogP contribution in [0.15, 0.2) is 36.5 Å². The van der Waals surface area contributed by atoms with E-state index in [1.165, 1.54) is 11.8 Å². The molecule has 0 fully saturated rings. The molecule has 0 bridgehead atoms. The molecule has 5 heteroatoms. The van der Waals surface area contributed by atoms with E-state index in [0.717, 1.165) is 24.3 Å². The van der Waals surface area contributed by atoms with Crippen LogP contribution in [0.25, 0.3) is 0 Å². The third kappa shape index (κ3) is 2.53. The maximum Gasteiger partial charge on any atom is 0.255 e. The minimum absolute atomic E-state index is 0.185. The van der Waals surface area contributed by atoms with E-state index in [2.05, 4.69) is 15.6 Å². The summed E-state index contributed by atoms with van der Waals surface area (Å²) in [6.45, 7) is 0.951. The lowest BCUT2D eigenvalue weighted by atomic mass is 10.1. The van der Waals surface area contributed by atoms with E-state index < -0.39 is 0 Å². The van der Waals surface area contributed by atoms with E-state index in [4.69, 9.17) is 11.6 Å². The zero-order valence-electron chi connectivity index (χ0n) is 10.1. The molecule has 2 aromatic rings. The number of benzene rings is 1. The third-order valence-electron chi connectivity index (χ3n) is 3.06. The molecule has 3 rings (SSSR count). The quantitative estimate of drug-likeness (QED) is 0.827. The Morgan fingerprint density at radius 2 is 2.21 bits per heavy atom. The van der Waals surface area contributed by atoms with Gasteiger partial charge in [0.2, 0.25) is 0 Å². The standard InChI is InChI=1S/C14H12ClN3O/c15-13-8-10(4-6-17-13)14(19)18-11-1-2-12-9(7-11)3-5-16-12/h1-2,4,6-8,16H,3,5H2,(H,18,19). The van der Waals surface area contributed by atoms with Crippen molar-refractivity contribution in [1.82, 2.24) is 4.98 Å². The summed E-state index contributed by atoms with van der Waals surface area (Å²) in [6, 6.07) is 9.05. The zero-order valence-corrected chi connectivity index (χ0v) is 10.9. The van der Waals surface area contributed by atoms with E-state index in [-0.39, 0.29) is 5.91 Å². The number of nitrogens with one attached hydrogen (secondary N) is 2. The van der Waals surface area contributed by atoms with E-state index >= 15 is 0 Å². The van der Waals surface area contributed by atoms with Gasteiger partial charge in [-0.25, -0.2) is 4.98 Å². The fraction of sp³-hybridized carbons (Fsp3) is 0.143. The fourth-order valence-electron chi connectivity index (χ4n) is 2.13. The number of halogens is 1. The normalized spacial score (nSPS) is 12.7. The highest BCUT2D eigenvalue weighted by Gasteiger charge is 2.12. The molecule has 19 heavy (non-hydrogen) atoms. The Morgan fingerprint density at radius 1 is 1.32 bits per heavy atom. The van der Waals surface area contributed by atoms with Crippen molar-refractivity contribution in [1.29, 1.82) is 0 Å². The van der Waals surface area contributed by atoms with Crippen molar-refractivity contribution < 1.29 is 4.79 Å². The second-order valence-corrected chi connectivity index (χ2v) is 4.76. The van der Waals surface area contributed by atoms with Gasteiger partial charge in [-0.1, -0.05) is 11.6 Å². The molecule has 96 valence electrons. The van der Waals surface area contributed by atoms with Crippen LogP contribution in [0.1, 0.15) is 15.9 Å². The minimum Gasteiger partial charge on any atom is -0.384 e. The van der Waals surface area contributed by atoms with E-state index in [1.807, 2.05) is 18.2 Å². The van der Waals surface area contributed by atoms with Crippen molar-refractivity contribution in [2.24, 2.45) is 0 Å². The molecule has 0 saturated carbocycles. The summed E-state index contributed by atoms with van der Waals surface area (Å²) in [4.78, 5) is 15.9. The van der Waals surface area contributed by atoms with Gasteiger partial charge in [0.1, 0.15) is 5.15 Å². The fourth-order valence-corrected chi connectivity index (χ4v) is 2.30. The molecule has 0 atom stereocenters. The third-order valence-corrected chi connectivity index (χ3v) is 3.27. The van der Waals surface area contributed by atoms with Crippen LogP contribution < -0.4 is 10.6 Å². The Kier molecular flexibility index (Phi) is 3.09. The number of hydrogen-bond donors (Lipinski definition) is 2. The van der Waals surface area contributed by atoms with Crippen LogP contribution in [0.2, 0.25) is 5.15 Å². The zero-order chi connectivity index (χ0) is 13.2. The number of hydrogen-bond acceptors (Lipinski definition) is 3.